The van der Waals surface area contributed by atoms with Gasteiger partial charge in [0.05, 0.1) is 5.41 Å². The Bertz CT molecular complexity index is 373. The van der Waals surface area contributed by atoms with Crippen molar-refractivity contribution in [1.82, 2.24) is 0 Å². The average molecular weight is 470 g/mol. The summed E-state index contributed by atoms with van der Waals surface area (Å²) in [7, 11) is 0. The molecule has 0 aliphatic rings. The number of aliphatic carboxylic acids is 1. The fourth-order valence-corrected chi connectivity index (χ4v) is 4.15. The molecule has 0 heterocycles. The van der Waals surface area contributed by atoms with Crippen molar-refractivity contribution in [3.8, 4) is 0 Å². The van der Waals surface area contributed by atoms with E-state index < -0.39 is 11.4 Å². The van der Waals surface area contributed by atoms with E-state index in [1.807, 2.05) is 0 Å². The lowest BCUT2D eigenvalue weighted by atomic mass is 9.82. The molecule has 3 N–H and O–H groups in total. The molecule has 0 radical (unpaired) electrons. The SMILES string of the molecule is CC(C)(C)C(=O)O.CCCCCCCCC(N)(CCCCCCCC)CCCCCCCC. The molecular weight excluding hydrogens is 406 g/mol. The molecule has 33 heavy (non-hydrogen) atoms. The van der Waals surface area contributed by atoms with Crippen LogP contribution >= 0.6 is 0 Å². The van der Waals surface area contributed by atoms with Gasteiger partial charge in [0.25, 0.3) is 0 Å². The van der Waals surface area contributed by atoms with Crippen molar-refractivity contribution in [1.29, 1.82) is 0 Å². The van der Waals surface area contributed by atoms with E-state index in [0.29, 0.717) is 0 Å². The van der Waals surface area contributed by atoms with Crippen LogP contribution < -0.4 is 5.73 Å². The van der Waals surface area contributed by atoms with Crippen molar-refractivity contribution in [3.63, 3.8) is 0 Å². The predicted octanol–water partition coefficient (Wildman–Crippen LogP) is 10.1. The molecule has 0 fully saturated rings. The van der Waals surface area contributed by atoms with Gasteiger partial charge in [-0.3, -0.25) is 4.79 Å². The van der Waals surface area contributed by atoms with Crippen LogP contribution in [0.5, 0.6) is 0 Å². The van der Waals surface area contributed by atoms with Crippen molar-refractivity contribution >= 4 is 5.97 Å². The molecule has 0 aromatic heterocycles. The Morgan fingerprint density at radius 1 is 0.545 bits per heavy atom. The molecule has 3 heteroatoms. The van der Waals surface area contributed by atoms with Crippen molar-refractivity contribution in [3.05, 3.63) is 0 Å². The first kappa shape index (κ1) is 34.6. The molecule has 0 bridgehead atoms. The third-order valence-corrected chi connectivity index (χ3v) is 6.73. The molecule has 0 aromatic rings. The minimum atomic E-state index is -0.757. The third-order valence-electron chi connectivity index (χ3n) is 6.73. The van der Waals surface area contributed by atoms with Crippen LogP contribution in [0.4, 0.5) is 0 Å². The standard InChI is InChI=1S/C25H53N.C5H10O2/c1-4-7-10-13-16-19-22-25(26,23-20-17-14-11-8-5-2)24-21-18-15-12-9-6-3;1-5(2,3)4(6)7/h4-24,26H2,1-3H3;1-3H3,(H,6,7). The Morgan fingerprint density at radius 3 is 0.970 bits per heavy atom. The summed E-state index contributed by atoms with van der Waals surface area (Å²) in [5.41, 5.74) is 6.48. The lowest BCUT2D eigenvalue weighted by Gasteiger charge is -2.30. The Hall–Kier alpha value is -0.570. The molecule has 200 valence electrons. The van der Waals surface area contributed by atoms with Crippen molar-refractivity contribution in [2.45, 2.75) is 182 Å². The summed E-state index contributed by atoms with van der Waals surface area (Å²) < 4.78 is 0. The summed E-state index contributed by atoms with van der Waals surface area (Å²) in [6.07, 6.45) is 28.8. The molecule has 0 rings (SSSR count). The van der Waals surface area contributed by atoms with Gasteiger partial charge in [0.2, 0.25) is 0 Å². The maximum Gasteiger partial charge on any atom is 0.308 e. The summed E-state index contributed by atoms with van der Waals surface area (Å²) in [6.45, 7) is 11.9. The first-order valence-corrected chi connectivity index (χ1v) is 14.6. The van der Waals surface area contributed by atoms with E-state index in [2.05, 4.69) is 20.8 Å². The van der Waals surface area contributed by atoms with Gasteiger partial charge >= 0.3 is 5.97 Å². The summed E-state index contributed by atoms with van der Waals surface area (Å²) in [4.78, 5) is 10.0. The Labute approximate surface area is 209 Å². The highest BCUT2D eigenvalue weighted by molar-refractivity contribution is 5.72. The first-order chi connectivity index (χ1) is 15.6. The van der Waals surface area contributed by atoms with Crippen LogP contribution in [0.3, 0.4) is 0 Å². The van der Waals surface area contributed by atoms with E-state index in [1.54, 1.807) is 20.8 Å². The van der Waals surface area contributed by atoms with Crippen LogP contribution in [0, 0.1) is 5.41 Å². The lowest BCUT2D eigenvalue weighted by Crippen LogP contribution is -2.39. The topological polar surface area (TPSA) is 63.3 Å². The van der Waals surface area contributed by atoms with E-state index in [0.717, 1.165) is 0 Å². The minimum absolute atomic E-state index is 0.139. The number of carbonyl (C=O) groups is 1. The highest BCUT2D eigenvalue weighted by Crippen LogP contribution is 2.27. The predicted molar refractivity (Wildman–Crippen MR) is 148 cm³/mol. The van der Waals surface area contributed by atoms with Crippen LogP contribution in [-0.4, -0.2) is 16.6 Å². The molecule has 0 amide bonds. The fraction of sp³-hybridized carbons (Fsp3) is 0.967. The second-order valence-electron chi connectivity index (χ2n) is 11.5. The monoisotopic (exact) mass is 469 g/mol. The van der Waals surface area contributed by atoms with Crippen LogP contribution in [0.15, 0.2) is 0 Å². The number of unbranched alkanes of at least 4 members (excludes halogenated alkanes) is 15. The van der Waals surface area contributed by atoms with Gasteiger partial charge in [-0.1, -0.05) is 136 Å². The molecule has 0 aliphatic carbocycles. The minimum Gasteiger partial charge on any atom is -0.481 e. The second-order valence-corrected chi connectivity index (χ2v) is 11.5. The molecule has 0 unspecified atom stereocenters. The van der Waals surface area contributed by atoms with Gasteiger partial charge in [0.1, 0.15) is 0 Å². The number of nitrogens with two attached hydrogens (primary N) is 1. The third kappa shape index (κ3) is 25.9. The maximum atomic E-state index is 10.0. The van der Waals surface area contributed by atoms with Gasteiger partial charge in [-0.2, -0.15) is 0 Å². The fourth-order valence-electron chi connectivity index (χ4n) is 4.15. The molecule has 0 spiro atoms. The van der Waals surface area contributed by atoms with E-state index in [-0.39, 0.29) is 5.54 Å². The van der Waals surface area contributed by atoms with Gasteiger partial charge < -0.3 is 10.8 Å². The number of hydrogen-bond acceptors (Lipinski definition) is 2. The highest BCUT2D eigenvalue weighted by atomic mass is 16.4. The van der Waals surface area contributed by atoms with Gasteiger partial charge in [-0.25, -0.2) is 0 Å². The Kier molecular flexibility index (Phi) is 24.3. The molecule has 0 atom stereocenters. The normalized spacial score (nSPS) is 11.8. The molecule has 0 saturated carbocycles. The number of carboxylic acid groups (broad SMARTS) is 1. The van der Waals surface area contributed by atoms with Crippen LogP contribution in [0.1, 0.15) is 176 Å². The van der Waals surface area contributed by atoms with Crippen LogP contribution in [0.25, 0.3) is 0 Å². The highest BCUT2D eigenvalue weighted by Gasteiger charge is 2.23. The second kappa shape index (κ2) is 23.2. The van der Waals surface area contributed by atoms with E-state index in [9.17, 15) is 4.79 Å². The zero-order chi connectivity index (χ0) is 25.4. The van der Waals surface area contributed by atoms with E-state index in [4.69, 9.17) is 10.8 Å². The Morgan fingerprint density at radius 2 is 0.758 bits per heavy atom. The zero-order valence-electron chi connectivity index (χ0n) is 23.8. The number of rotatable bonds is 21. The van der Waals surface area contributed by atoms with Crippen molar-refractivity contribution in [2.75, 3.05) is 0 Å². The summed E-state index contributed by atoms with van der Waals surface area (Å²) >= 11 is 0. The van der Waals surface area contributed by atoms with Crippen LogP contribution in [-0.2, 0) is 4.79 Å². The van der Waals surface area contributed by atoms with Gasteiger partial charge in [-0.15, -0.1) is 0 Å². The average Bonchev–Trinajstić information content (AvgIpc) is 2.75. The summed E-state index contributed by atoms with van der Waals surface area (Å²) in [5, 5.41) is 8.25. The summed E-state index contributed by atoms with van der Waals surface area (Å²) in [6, 6.07) is 0. The number of hydrogen-bond donors (Lipinski definition) is 2. The largest absolute Gasteiger partial charge is 0.481 e. The van der Waals surface area contributed by atoms with Crippen molar-refractivity contribution < 1.29 is 9.90 Å². The van der Waals surface area contributed by atoms with E-state index >= 15 is 0 Å². The number of carboxylic acids is 1. The lowest BCUT2D eigenvalue weighted by molar-refractivity contribution is -0.145. The van der Waals surface area contributed by atoms with Crippen LogP contribution in [0.2, 0.25) is 0 Å². The molecule has 3 nitrogen and oxygen atoms in total. The molecular formula is C30H63NO2. The zero-order valence-corrected chi connectivity index (χ0v) is 23.8. The van der Waals surface area contributed by atoms with Gasteiger partial charge in [-0.05, 0) is 40.0 Å². The summed E-state index contributed by atoms with van der Waals surface area (Å²) in [5.74, 6) is -0.757. The van der Waals surface area contributed by atoms with Gasteiger partial charge in [0.15, 0.2) is 0 Å². The molecule has 0 aliphatic heterocycles. The van der Waals surface area contributed by atoms with E-state index in [1.165, 1.54) is 135 Å². The quantitative estimate of drug-likeness (QED) is 0.164. The van der Waals surface area contributed by atoms with Crippen molar-refractivity contribution in [2.24, 2.45) is 11.1 Å². The smallest absolute Gasteiger partial charge is 0.308 e. The Balaban J connectivity index is 0. The maximum absolute atomic E-state index is 10.0. The first-order valence-electron chi connectivity index (χ1n) is 14.6. The van der Waals surface area contributed by atoms with Gasteiger partial charge in [0, 0.05) is 5.54 Å². The molecule has 0 aromatic carbocycles. The molecule has 0 saturated heterocycles.